The van der Waals surface area contributed by atoms with E-state index in [0.717, 1.165) is 5.56 Å². The molecule has 1 heterocycles. The summed E-state index contributed by atoms with van der Waals surface area (Å²) < 4.78 is 5.72. The molecule has 0 fully saturated rings. The van der Waals surface area contributed by atoms with Gasteiger partial charge in [-0.2, -0.15) is 0 Å². The highest BCUT2D eigenvalue weighted by Gasteiger charge is 2.10. The van der Waals surface area contributed by atoms with Gasteiger partial charge in [-0.25, -0.2) is 9.78 Å². The van der Waals surface area contributed by atoms with Gasteiger partial charge in [0.05, 0.1) is 11.3 Å². The number of allylic oxidation sites excluding steroid dienone is 1. The van der Waals surface area contributed by atoms with Crippen molar-refractivity contribution in [2.24, 2.45) is 0 Å². The fourth-order valence-corrected chi connectivity index (χ4v) is 1.82. The fourth-order valence-electron chi connectivity index (χ4n) is 1.82. The van der Waals surface area contributed by atoms with Gasteiger partial charge < -0.3 is 9.84 Å². The highest BCUT2D eigenvalue weighted by Crippen LogP contribution is 2.25. The third-order valence-electron chi connectivity index (χ3n) is 2.77. The average molecular weight is 269 g/mol. The van der Waals surface area contributed by atoms with Crippen LogP contribution in [0.3, 0.4) is 0 Å². The van der Waals surface area contributed by atoms with Crippen LogP contribution in [0.4, 0.5) is 0 Å². The Morgan fingerprint density at radius 2 is 2.00 bits per heavy atom. The van der Waals surface area contributed by atoms with Gasteiger partial charge >= 0.3 is 5.97 Å². The highest BCUT2D eigenvalue weighted by molar-refractivity contribution is 5.88. The Kier molecular flexibility index (Phi) is 4.15. The average Bonchev–Trinajstić information content (AvgIpc) is 2.41. The summed E-state index contributed by atoms with van der Waals surface area (Å²) in [5, 5.41) is 8.97. The van der Waals surface area contributed by atoms with Gasteiger partial charge in [-0.1, -0.05) is 30.4 Å². The number of rotatable bonds is 4. The number of aryl methyl sites for hydroxylation is 1. The van der Waals surface area contributed by atoms with Crippen molar-refractivity contribution in [1.29, 1.82) is 0 Å². The Morgan fingerprint density at radius 3 is 2.65 bits per heavy atom. The molecule has 0 amide bonds. The normalized spacial score (nSPS) is 10.7. The second-order valence-electron chi connectivity index (χ2n) is 4.23. The number of hydrogen-bond donors (Lipinski definition) is 1. The van der Waals surface area contributed by atoms with Crippen molar-refractivity contribution in [2.75, 3.05) is 0 Å². The number of carboxylic acid groups (broad SMARTS) is 1. The lowest BCUT2D eigenvalue weighted by molar-refractivity contribution is 0.0695. The summed E-state index contributed by atoms with van der Waals surface area (Å²) in [4.78, 5) is 15.1. The van der Waals surface area contributed by atoms with Crippen molar-refractivity contribution in [1.82, 2.24) is 4.98 Å². The van der Waals surface area contributed by atoms with E-state index in [9.17, 15) is 4.79 Å². The first-order chi connectivity index (χ1) is 9.61. The van der Waals surface area contributed by atoms with Crippen LogP contribution >= 0.6 is 0 Å². The Morgan fingerprint density at radius 1 is 1.25 bits per heavy atom. The molecule has 1 aromatic heterocycles. The molecule has 0 spiro atoms. The van der Waals surface area contributed by atoms with E-state index >= 15 is 0 Å². The molecule has 0 bridgehead atoms. The summed E-state index contributed by atoms with van der Waals surface area (Å²) in [6.07, 6.45) is 3.86. The van der Waals surface area contributed by atoms with Crippen LogP contribution in [0.2, 0.25) is 0 Å². The summed E-state index contributed by atoms with van der Waals surface area (Å²) in [7, 11) is 0. The third-order valence-corrected chi connectivity index (χ3v) is 2.77. The van der Waals surface area contributed by atoms with Gasteiger partial charge in [0.2, 0.25) is 5.88 Å². The molecule has 1 N–H and O–H groups in total. The number of carbonyl (C=O) groups is 1. The van der Waals surface area contributed by atoms with E-state index in [0.29, 0.717) is 17.3 Å². The zero-order valence-electron chi connectivity index (χ0n) is 11.3. The number of aromatic nitrogens is 1. The van der Waals surface area contributed by atoms with Gasteiger partial charge in [-0.3, -0.25) is 0 Å². The van der Waals surface area contributed by atoms with Crippen molar-refractivity contribution in [3.05, 3.63) is 59.3 Å². The van der Waals surface area contributed by atoms with Gasteiger partial charge in [0.1, 0.15) is 5.75 Å². The van der Waals surface area contributed by atoms with Gasteiger partial charge in [0.25, 0.3) is 0 Å². The highest BCUT2D eigenvalue weighted by atomic mass is 16.5. The topological polar surface area (TPSA) is 59.4 Å². The molecule has 0 saturated heterocycles. The number of nitrogens with zero attached hydrogens (tertiary/aromatic N) is 1. The van der Waals surface area contributed by atoms with Gasteiger partial charge in [0, 0.05) is 11.6 Å². The number of hydrogen-bond acceptors (Lipinski definition) is 3. The van der Waals surface area contributed by atoms with Gasteiger partial charge in [0.15, 0.2) is 0 Å². The Hall–Kier alpha value is -2.62. The summed E-state index contributed by atoms with van der Waals surface area (Å²) >= 11 is 0. The molecule has 0 radical (unpaired) electrons. The van der Waals surface area contributed by atoms with Crippen LogP contribution in [0.25, 0.3) is 6.08 Å². The van der Waals surface area contributed by atoms with E-state index in [2.05, 4.69) is 4.98 Å². The van der Waals surface area contributed by atoms with Crippen molar-refractivity contribution >= 4 is 12.0 Å². The molecule has 0 aliphatic rings. The molecule has 4 nitrogen and oxygen atoms in total. The lowest BCUT2D eigenvalue weighted by Crippen LogP contribution is -2.02. The summed E-state index contributed by atoms with van der Waals surface area (Å²) in [6.45, 7) is 3.58. The van der Waals surface area contributed by atoms with E-state index in [-0.39, 0.29) is 5.56 Å². The molecule has 102 valence electrons. The summed E-state index contributed by atoms with van der Waals surface area (Å²) in [5.41, 5.74) is 1.55. The van der Waals surface area contributed by atoms with E-state index in [1.807, 2.05) is 43.3 Å². The minimum absolute atomic E-state index is 0.180. The molecule has 0 unspecified atom stereocenters. The van der Waals surface area contributed by atoms with Crippen LogP contribution < -0.4 is 4.74 Å². The van der Waals surface area contributed by atoms with Crippen molar-refractivity contribution in [3.8, 4) is 11.6 Å². The molecular weight excluding hydrogens is 254 g/mol. The number of aromatic carboxylic acids is 1. The Labute approximate surface area is 117 Å². The summed E-state index contributed by atoms with van der Waals surface area (Å²) in [6, 6.07) is 10.6. The number of para-hydroxylation sites is 1. The molecule has 1 aromatic carbocycles. The molecule has 4 heteroatoms. The smallest absolute Gasteiger partial charge is 0.337 e. The first-order valence-corrected chi connectivity index (χ1v) is 6.22. The molecular formula is C16H15NO3. The van der Waals surface area contributed by atoms with Gasteiger partial charge in [-0.05, 0) is 26.0 Å². The van der Waals surface area contributed by atoms with Crippen LogP contribution in [0.1, 0.15) is 28.5 Å². The standard InChI is InChI=1S/C16H15NO3/c1-3-6-12-7-4-5-8-14(12)20-15-10-9-13(16(18)19)11(2)17-15/h3-10H,1-2H3,(H,18,19)/b6-3+. The third kappa shape index (κ3) is 3.03. The van der Waals surface area contributed by atoms with E-state index in [1.54, 1.807) is 13.0 Å². The number of ether oxygens (including phenoxy) is 1. The maximum absolute atomic E-state index is 10.9. The molecule has 0 saturated carbocycles. The van der Waals surface area contributed by atoms with E-state index in [4.69, 9.17) is 9.84 Å². The Bertz CT molecular complexity index is 663. The van der Waals surface area contributed by atoms with Crippen LogP contribution in [0.15, 0.2) is 42.5 Å². The SMILES string of the molecule is C/C=C/c1ccccc1Oc1ccc(C(=O)O)c(C)n1. The van der Waals surface area contributed by atoms with Gasteiger partial charge in [-0.15, -0.1) is 0 Å². The van der Waals surface area contributed by atoms with Crippen LogP contribution in [0, 0.1) is 6.92 Å². The quantitative estimate of drug-likeness (QED) is 0.914. The fraction of sp³-hybridized carbons (Fsp3) is 0.125. The van der Waals surface area contributed by atoms with Crippen LogP contribution in [-0.2, 0) is 0 Å². The minimum atomic E-state index is -0.990. The zero-order chi connectivity index (χ0) is 14.5. The maximum Gasteiger partial charge on any atom is 0.337 e. The van der Waals surface area contributed by atoms with Crippen molar-refractivity contribution in [2.45, 2.75) is 13.8 Å². The van der Waals surface area contributed by atoms with Crippen LogP contribution in [0.5, 0.6) is 11.6 Å². The Balaban J connectivity index is 2.31. The number of carboxylic acids is 1. The monoisotopic (exact) mass is 269 g/mol. The summed E-state index contributed by atoms with van der Waals surface area (Å²) in [5.74, 6) is 0.0703. The second kappa shape index (κ2) is 6.02. The molecule has 0 atom stereocenters. The largest absolute Gasteiger partial charge is 0.478 e. The van der Waals surface area contributed by atoms with E-state index < -0.39 is 5.97 Å². The van der Waals surface area contributed by atoms with Crippen LogP contribution in [-0.4, -0.2) is 16.1 Å². The molecule has 2 rings (SSSR count). The predicted octanol–water partition coefficient (Wildman–Crippen LogP) is 3.91. The maximum atomic E-state index is 10.9. The first kappa shape index (κ1) is 13.8. The first-order valence-electron chi connectivity index (χ1n) is 6.22. The molecule has 0 aliphatic carbocycles. The van der Waals surface area contributed by atoms with E-state index in [1.165, 1.54) is 6.07 Å². The predicted molar refractivity (Wildman–Crippen MR) is 77.2 cm³/mol. The molecule has 2 aromatic rings. The second-order valence-corrected chi connectivity index (χ2v) is 4.23. The lowest BCUT2D eigenvalue weighted by atomic mass is 10.2. The molecule has 20 heavy (non-hydrogen) atoms. The van der Waals surface area contributed by atoms with Crippen molar-refractivity contribution < 1.29 is 14.6 Å². The zero-order valence-corrected chi connectivity index (χ0v) is 11.3. The number of pyridine rings is 1. The molecule has 0 aliphatic heterocycles. The minimum Gasteiger partial charge on any atom is -0.478 e. The lowest BCUT2D eigenvalue weighted by Gasteiger charge is -2.09. The number of benzene rings is 1. The van der Waals surface area contributed by atoms with Crippen molar-refractivity contribution in [3.63, 3.8) is 0 Å².